The summed E-state index contributed by atoms with van der Waals surface area (Å²) < 4.78 is 12.1. The summed E-state index contributed by atoms with van der Waals surface area (Å²) in [6, 6.07) is 17.3. The van der Waals surface area contributed by atoms with E-state index in [4.69, 9.17) is 19.6 Å². The van der Waals surface area contributed by atoms with Crippen LogP contribution in [0, 0.1) is 0 Å². The van der Waals surface area contributed by atoms with Gasteiger partial charge < -0.3 is 19.5 Å². The second-order valence-electron chi connectivity index (χ2n) is 8.55. The van der Waals surface area contributed by atoms with Crippen LogP contribution >= 0.6 is 0 Å². The first-order valence-electron chi connectivity index (χ1n) is 11.7. The van der Waals surface area contributed by atoms with Crippen LogP contribution in [0.15, 0.2) is 72.2 Å². The van der Waals surface area contributed by atoms with Crippen LogP contribution in [0.2, 0.25) is 0 Å². The van der Waals surface area contributed by atoms with Gasteiger partial charge >= 0.3 is 0 Å². The predicted octanol–water partition coefficient (Wildman–Crippen LogP) is 4.29. The van der Waals surface area contributed by atoms with Crippen LogP contribution in [0.4, 0.5) is 0 Å². The van der Waals surface area contributed by atoms with Gasteiger partial charge in [0, 0.05) is 38.1 Å². The Morgan fingerprint density at radius 2 is 1.88 bits per heavy atom. The van der Waals surface area contributed by atoms with E-state index >= 15 is 0 Å². The number of ether oxygens (including phenoxy) is 2. The Morgan fingerprint density at radius 3 is 2.55 bits per heavy atom. The van der Waals surface area contributed by atoms with Crippen molar-refractivity contribution in [1.82, 2.24) is 4.90 Å². The molecule has 6 heteroatoms. The third-order valence-corrected chi connectivity index (χ3v) is 6.21. The number of rotatable bonds is 9. The van der Waals surface area contributed by atoms with E-state index in [1.807, 2.05) is 59.5 Å². The largest absolute Gasteiger partial charge is 0.494 e. The van der Waals surface area contributed by atoms with Crippen LogP contribution in [-0.4, -0.2) is 53.7 Å². The number of nitrogens with zero attached hydrogens (tertiary/aromatic N) is 2. The van der Waals surface area contributed by atoms with Crippen LogP contribution < -0.4 is 4.74 Å². The highest BCUT2D eigenvalue weighted by atomic mass is 16.5. The second-order valence-corrected chi connectivity index (χ2v) is 8.55. The van der Waals surface area contributed by atoms with Crippen molar-refractivity contribution in [1.29, 1.82) is 0 Å². The summed E-state index contributed by atoms with van der Waals surface area (Å²) in [4.78, 5) is 20.8. The van der Waals surface area contributed by atoms with Gasteiger partial charge in [-0.1, -0.05) is 36.4 Å². The standard InChI is InChI=1S/C27H32N2O4/c1-2-16-27(26(31)29-17-7-4-8-18-29)24(21-10-5-3-6-11-21)33-25(28-27)22-12-14-23(15-13-22)32-20-9-19-30/h2-3,5-6,10-15,24,30H,1,4,7-9,16-20H2/t24-,27-/m0/s1. The molecule has 2 aromatic carbocycles. The second kappa shape index (κ2) is 10.7. The molecule has 2 aliphatic rings. The highest BCUT2D eigenvalue weighted by Gasteiger charge is 2.54. The Kier molecular flexibility index (Phi) is 7.45. The molecule has 0 radical (unpaired) electrons. The Bertz CT molecular complexity index is 967. The summed E-state index contributed by atoms with van der Waals surface area (Å²) in [7, 11) is 0. The number of benzene rings is 2. The van der Waals surface area contributed by atoms with Crippen LogP contribution in [0.25, 0.3) is 0 Å². The monoisotopic (exact) mass is 448 g/mol. The predicted molar refractivity (Wildman–Crippen MR) is 128 cm³/mol. The molecule has 0 unspecified atom stereocenters. The lowest BCUT2D eigenvalue weighted by molar-refractivity contribution is -0.140. The number of piperidine rings is 1. The maximum atomic E-state index is 13.9. The Morgan fingerprint density at radius 1 is 1.15 bits per heavy atom. The van der Waals surface area contributed by atoms with Crippen molar-refractivity contribution in [3.63, 3.8) is 0 Å². The van der Waals surface area contributed by atoms with E-state index in [9.17, 15) is 4.79 Å². The molecular weight excluding hydrogens is 416 g/mol. The van der Waals surface area contributed by atoms with E-state index in [0.29, 0.717) is 31.1 Å². The fraction of sp³-hybridized carbons (Fsp3) is 0.407. The molecule has 1 saturated heterocycles. The van der Waals surface area contributed by atoms with E-state index in [0.717, 1.165) is 43.5 Å². The first-order chi connectivity index (χ1) is 16.2. The van der Waals surface area contributed by atoms with Crippen LogP contribution in [0.3, 0.4) is 0 Å². The van der Waals surface area contributed by atoms with E-state index in [1.165, 1.54) is 0 Å². The number of likely N-dealkylation sites (tertiary alicyclic amines) is 1. The lowest BCUT2D eigenvalue weighted by atomic mass is 9.83. The first-order valence-corrected chi connectivity index (χ1v) is 11.7. The number of aliphatic imine (C=N–C) groups is 1. The van der Waals surface area contributed by atoms with Crippen molar-refractivity contribution < 1.29 is 19.4 Å². The van der Waals surface area contributed by atoms with E-state index in [-0.39, 0.29) is 12.5 Å². The lowest BCUT2D eigenvalue weighted by Gasteiger charge is -2.36. The van der Waals surface area contributed by atoms with Crippen LogP contribution in [0.1, 0.15) is 49.3 Å². The minimum atomic E-state index is -1.08. The summed E-state index contributed by atoms with van der Waals surface area (Å²) in [6.45, 7) is 6.00. The minimum Gasteiger partial charge on any atom is -0.494 e. The Hall–Kier alpha value is -3.12. The average Bonchev–Trinajstić information content (AvgIpc) is 3.26. The molecule has 0 aromatic heterocycles. The van der Waals surface area contributed by atoms with Crippen molar-refractivity contribution >= 4 is 11.8 Å². The zero-order valence-corrected chi connectivity index (χ0v) is 19.0. The van der Waals surface area contributed by atoms with Gasteiger partial charge in [-0.05, 0) is 49.1 Å². The number of hydrogen-bond donors (Lipinski definition) is 1. The molecule has 0 spiro atoms. The van der Waals surface area contributed by atoms with Crippen molar-refractivity contribution in [3.8, 4) is 5.75 Å². The molecule has 0 aliphatic carbocycles. The summed E-state index contributed by atoms with van der Waals surface area (Å²) >= 11 is 0. The highest BCUT2D eigenvalue weighted by Crippen LogP contribution is 2.44. The van der Waals surface area contributed by atoms with Crippen LogP contribution in [-0.2, 0) is 9.53 Å². The highest BCUT2D eigenvalue weighted by molar-refractivity contribution is 6.01. The summed E-state index contributed by atoms with van der Waals surface area (Å²) in [5.74, 6) is 1.18. The van der Waals surface area contributed by atoms with Gasteiger partial charge in [0.15, 0.2) is 11.6 Å². The molecule has 2 aliphatic heterocycles. The molecule has 33 heavy (non-hydrogen) atoms. The zero-order valence-electron chi connectivity index (χ0n) is 19.0. The molecule has 1 N–H and O–H groups in total. The molecule has 174 valence electrons. The van der Waals surface area contributed by atoms with Gasteiger partial charge in [0.2, 0.25) is 5.90 Å². The van der Waals surface area contributed by atoms with Gasteiger partial charge in [-0.15, -0.1) is 6.58 Å². The van der Waals surface area contributed by atoms with Crippen LogP contribution in [0.5, 0.6) is 5.75 Å². The maximum absolute atomic E-state index is 13.9. The molecule has 6 nitrogen and oxygen atoms in total. The van der Waals surface area contributed by atoms with Crippen molar-refractivity contribution in [2.24, 2.45) is 4.99 Å². The molecular formula is C27H32N2O4. The topological polar surface area (TPSA) is 71.4 Å². The molecule has 1 amide bonds. The van der Waals surface area contributed by atoms with E-state index in [2.05, 4.69) is 6.58 Å². The number of amides is 1. The summed E-state index contributed by atoms with van der Waals surface area (Å²) in [5, 5.41) is 8.93. The molecule has 0 saturated carbocycles. The molecule has 1 fully saturated rings. The fourth-order valence-electron chi connectivity index (χ4n) is 4.52. The van der Waals surface area contributed by atoms with E-state index in [1.54, 1.807) is 6.08 Å². The maximum Gasteiger partial charge on any atom is 0.255 e. The van der Waals surface area contributed by atoms with Crippen molar-refractivity contribution in [3.05, 3.63) is 78.4 Å². The summed E-state index contributed by atoms with van der Waals surface area (Å²) in [5.41, 5.74) is 0.641. The number of carbonyl (C=O) groups excluding carboxylic acids is 1. The number of carbonyl (C=O) groups is 1. The fourth-order valence-corrected chi connectivity index (χ4v) is 4.52. The van der Waals surface area contributed by atoms with Gasteiger partial charge in [-0.3, -0.25) is 4.79 Å². The minimum absolute atomic E-state index is 0.00918. The van der Waals surface area contributed by atoms with E-state index < -0.39 is 11.6 Å². The smallest absolute Gasteiger partial charge is 0.255 e. The quantitative estimate of drug-likeness (QED) is 0.459. The number of aliphatic hydroxyl groups is 1. The van der Waals surface area contributed by atoms with Gasteiger partial charge in [0.05, 0.1) is 6.61 Å². The van der Waals surface area contributed by atoms with Gasteiger partial charge in [-0.25, -0.2) is 4.99 Å². The Labute approximate surface area is 195 Å². The zero-order chi connectivity index (χ0) is 23.1. The van der Waals surface area contributed by atoms with Crippen molar-refractivity contribution in [2.45, 2.75) is 43.7 Å². The Balaban J connectivity index is 1.68. The van der Waals surface area contributed by atoms with Gasteiger partial charge in [-0.2, -0.15) is 0 Å². The first kappa shape index (κ1) is 23.1. The molecule has 2 atom stereocenters. The number of aliphatic hydroxyl groups excluding tert-OH is 1. The number of hydrogen-bond acceptors (Lipinski definition) is 5. The molecule has 4 rings (SSSR count). The normalized spacial score (nSPS) is 22.4. The third-order valence-electron chi connectivity index (χ3n) is 6.21. The summed E-state index contributed by atoms with van der Waals surface area (Å²) in [6.07, 6.45) is 5.40. The average molecular weight is 449 g/mol. The molecule has 0 bridgehead atoms. The molecule has 2 heterocycles. The SMILES string of the molecule is C=CC[C@]1(C(=O)N2CCCCC2)N=C(c2ccc(OCCCO)cc2)O[C@H]1c1ccccc1. The van der Waals surface area contributed by atoms with Crippen molar-refractivity contribution in [2.75, 3.05) is 26.3 Å². The molecule has 2 aromatic rings. The third kappa shape index (κ3) is 4.96. The van der Waals surface area contributed by atoms with Gasteiger partial charge in [0.25, 0.3) is 5.91 Å². The van der Waals surface area contributed by atoms with Gasteiger partial charge in [0.1, 0.15) is 5.75 Å². The lowest BCUT2D eigenvalue weighted by Crippen LogP contribution is -2.51.